The average Bonchev–Trinajstić information content (AvgIpc) is 3.17. The molecule has 1 fully saturated rings. The van der Waals surface area contributed by atoms with Crippen molar-refractivity contribution in [2.24, 2.45) is 0 Å². The van der Waals surface area contributed by atoms with Crippen LogP contribution in [0.3, 0.4) is 0 Å². The molecule has 2 aromatic rings. The van der Waals surface area contributed by atoms with Crippen LogP contribution in [0.1, 0.15) is 34.5 Å². The lowest BCUT2D eigenvalue weighted by Crippen LogP contribution is -2.37. The molecule has 0 unspecified atom stereocenters. The van der Waals surface area contributed by atoms with Gasteiger partial charge in [0.2, 0.25) is 0 Å². The third-order valence-corrected chi connectivity index (χ3v) is 5.25. The monoisotopic (exact) mass is 330 g/mol. The molecule has 1 aliphatic rings. The van der Waals surface area contributed by atoms with Gasteiger partial charge in [0.15, 0.2) is 0 Å². The van der Waals surface area contributed by atoms with Crippen molar-refractivity contribution in [3.8, 4) is 0 Å². The number of carbonyl (C=O) groups excluding carboxylic acids is 1. The molecule has 130 valence electrons. The highest BCUT2D eigenvalue weighted by Gasteiger charge is 2.29. The summed E-state index contributed by atoms with van der Waals surface area (Å²) in [6.45, 7) is 6.44. The first-order chi connectivity index (χ1) is 11.6. The SMILES string of the molecule is COCCn1c(C)c(C)c2cc(C(=O)N3CCC[C@@H]3CO)ccc21. The number of methoxy groups -OCH3 is 1. The number of aliphatic hydroxyl groups excluding tert-OH is 1. The van der Waals surface area contributed by atoms with E-state index in [9.17, 15) is 9.90 Å². The topological polar surface area (TPSA) is 54.7 Å². The Morgan fingerprint density at radius 2 is 2.17 bits per heavy atom. The Labute approximate surface area is 142 Å². The van der Waals surface area contributed by atoms with Crippen LogP contribution in [0.4, 0.5) is 0 Å². The first kappa shape index (κ1) is 17.0. The number of hydrogen-bond acceptors (Lipinski definition) is 3. The van der Waals surface area contributed by atoms with Crippen molar-refractivity contribution in [2.75, 3.05) is 26.9 Å². The number of aryl methyl sites for hydroxylation is 1. The zero-order valence-corrected chi connectivity index (χ0v) is 14.7. The van der Waals surface area contributed by atoms with E-state index in [1.807, 2.05) is 23.1 Å². The minimum atomic E-state index is -0.0395. The summed E-state index contributed by atoms with van der Waals surface area (Å²) in [5.74, 6) is 0.0233. The van der Waals surface area contributed by atoms with E-state index in [1.54, 1.807) is 7.11 Å². The molecule has 0 radical (unpaired) electrons. The van der Waals surface area contributed by atoms with Gasteiger partial charge in [-0.3, -0.25) is 4.79 Å². The van der Waals surface area contributed by atoms with Crippen molar-refractivity contribution in [2.45, 2.75) is 39.3 Å². The van der Waals surface area contributed by atoms with E-state index in [-0.39, 0.29) is 18.6 Å². The highest BCUT2D eigenvalue weighted by Crippen LogP contribution is 2.28. The molecule has 24 heavy (non-hydrogen) atoms. The number of carbonyl (C=O) groups is 1. The fraction of sp³-hybridized carbons (Fsp3) is 0.526. The summed E-state index contributed by atoms with van der Waals surface area (Å²) in [4.78, 5) is 14.6. The number of fused-ring (bicyclic) bond motifs is 1. The molecule has 1 aromatic heterocycles. The van der Waals surface area contributed by atoms with Crippen molar-refractivity contribution in [3.05, 3.63) is 35.0 Å². The maximum absolute atomic E-state index is 12.8. The molecule has 3 rings (SSSR count). The van der Waals surface area contributed by atoms with Crippen molar-refractivity contribution >= 4 is 16.8 Å². The number of hydrogen-bond donors (Lipinski definition) is 1. The zero-order chi connectivity index (χ0) is 17.3. The smallest absolute Gasteiger partial charge is 0.254 e. The van der Waals surface area contributed by atoms with E-state index in [2.05, 4.69) is 18.4 Å². The highest BCUT2D eigenvalue weighted by molar-refractivity contribution is 5.99. The van der Waals surface area contributed by atoms with Crippen LogP contribution in [-0.4, -0.2) is 53.4 Å². The quantitative estimate of drug-likeness (QED) is 0.916. The molecule has 1 aromatic carbocycles. The number of rotatable bonds is 5. The lowest BCUT2D eigenvalue weighted by Gasteiger charge is -2.23. The average molecular weight is 330 g/mol. The van der Waals surface area contributed by atoms with E-state index in [0.717, 1.165) is 36.8 Å². The van der Waals surface area contributed by atoms with Crippen molar-refractivity contribution in [1.82, 2.24) is 9.47 Å². The second-order valence-electron chi connectivity index (χ2n) is 6.56. The molecule has 1 aliphatic heterocycles. The van der Waals surface area contributed by atoms with Crippen LogP contribution in [0.15, 0.2) is 18.2 Å². The Morgan fingerprint density at radius 1 is 1.38 bits per heavy atom. The van der Waals surface area contributed by atoms with E-state index in [1.165, 1.54) is 11.3 Å². The molecule has 1 amide bonds. The van der Waals surface area contributed by atoms with Gasteiger partial charge in [0.05, 0.1) is 19.3 Å². The lowest BCUT2D eigenvalue weighted by molar-refractivity contribution is 0.0678. The van der Waals surface area contributed by atoms with Gasteiger partial charge in [0.25, 0.3) is 5.91 Å². The molecular weight excluding hydrogens is 304 g/mol. The van der Waals surface area contributed by atoms with Gasteiger partial charge >= 0.3 is 0 Å². The number of aliphatic hydroxyl groups is 1. The van der Waals surface area contributed by atoms with Gasteiger partial charge in [-0.15, -0.1) is 0 Å². The van der Waals surface area contributed by atoms with Crippen molar-refractivity contribution in [1.29, 1.82) is 0 Å². The Hall–Kier alpha value is -1.85. The maximum Gasteiger partial charge on any atom is 0.254 e. The van der Waals surface area contributed by atoms with Crippen LogP contribution in [0.2, 0.25) is 0 Å². The first-order valence-corrected chi connectivity index (χ1v) is 8.58. The first-order valence-electron chi connectivity index (χ1n) is 8.58. The number of benzene rings is 1. The fourth-order valence-corrected chi connectivity index (χ4v) is 3.71. The molecule has 5 heteroatoms. The van der Waals surface area contributed by atoms with Crippen LogP contribution >= 0.6 is 0 Å². The fourth-order valence-electron chi connectivity index (χ4n) is 3.71. The molecule has 0 spiro atoms. The Balaban J connectivity index is 1.97. The lowest BCUT2D eigenvalue weighted by atomic mass is 10.1. The number of aromatic nitrogens is 1. The summed E-state index contributed by atoms with van der Waals surface area (Å²) < 4.78 is 7.45. The van der Waals surface area contributed by atoms with Gasteiger partial charge in [0, 0.05) is 42.4 Å². The van der Waals surface area contributed by atoms with Crippen LogP contribution in [0.5, 0.6) is 0 Å². The molecular formula is C19H26N2O3. The molecule has 0 saturated carbocycles. The largest absolute Gasteiger partial charge is 0.394 e. The van der Waals surface area contributed by atoms with E-state index in [4.69, 9.17) is 4.74 Å². The van der Waals surface area contributed by atoms with E-state index in [0.29, 0.717) is 12.2 Å². The molecule has 0 aliphatic carbocycles. The van der Waals surface area contributed by atoms with Gasteiger partial charge in [-0.2, -0.15) is 0 Å². The van der Waals surface area contributed by atoms with Gasteiger partial charge in [-0.05, 0) is 50.5 Å². The van der Waals surface area contributed by atoms with Crippen LogP contribution in [-0.2, 0) is 11.3 Å². The third-order valence-electron chi connectivity index (χ3n) is 5.25. The summed E-state index contributed by atoms with van der Waals surface area (Å²) in [6.07, 6.45) is 1.85. The Bertz CT molecular complexity index is 751. The molecule has 1 N–H and O–H groups in total. The summed E-state index contributed by atoms with van der Waals surface area (Å²) in [7, 11) is 1.71. The highest BCUT2D eigenvalue weighted by atomic mass is 16.5. The van der Waals surface area contributed by atoms with Gasteiger partial charge in [-0.25, -0.2) is 0 Å². The molecule has 0 bridgehead atoms. The van der Waals surface area contributed by atoms with Gasteiger partial charge < -0.3 is 19.3 Å². The predicted octanol–water partition coefficient (Wildman–Crippen LogP) is 2.50. The van der Waals surface area contributed by atoms with Gasteiger partial charge in [-0.1, -0.05) is 0 Å². The van der Waals surface area contributed by atoms with Crippen molar-refractivity contribution < 1.29 is 14.6 Å². The predicted molar refractivity (Wildman–Crippen MR) is 94.4 cm³/mol. The molecule has 1 atom stereocenters. The Morgan fingerprint density at radius 3 is 2.88 bits per heavy atom. The van der Waals surface area contributed by atoms with Crippen molar-refractivity contribution in [3.63, 3.8) is 0 Å². The summed E-state index contributed by atoms with van der Waals surface area (Å²) in [5, 5.41) is 10.6. The van der Waals surface area contributed by atoms with Crippen LogP contribution in [0.25, 0.3) is 10.9 Å². The normalized spacial score (nSPS) is 17.8. The summed E-state index contributed by atoms with van der Waals surface area (Å²) >= 11 is 0. The summed E-state index contributed by atoms with van der Waals surface area (Å²) in [6, 6.07) is 5.89. The maximum atomic E-state index is 12.8. The van der Waals surface area contributed by atoms with Gasteiger partial charge in [0.1, 0.15) is 0 Å². The molecule has 5 nitrogen and oxygen atoms in total. The minimum absolute atomic E-state index is 0.0233. The minimum Gasteiger partial charge on any atom is -0.394 e. The third kappa shape index (κ3) is 2.82. The Kier molecular flexibility index (Phi) is 4.92. The van der Waals surface area contributed by atoms with E-state index >= 15 is 0 Å². The second-order valence-corrected chi connectivity index (χ2v) is 6.56. The van der Waals surface area contributed by atoms with E-state index < -0.39 is 0 Å². The van der Waals surface area contributed by atoms with Crippen LogP contribution < -0.4 is 0 Å². The number of ether oxygens (including phenoxy) is 1. The summed E-state index contributed by atoms with van der Waals surface area (Å²) in [5.41, 5.74) is 4.26. The molecule has 1 saturated heterocycles. The molecule has 2 heterocycles. The second kappa shape index (κ2) is 6.95. The van der Waals surface area contributed by atoms with Crippen LogP contribution in [0, 0.1) is 13.8 Å². The number of likely N-dealkylation sites (tertiary alicyclic amines) is 1. The standard InChI is InChI=1S/C19H26N2O3/c1-13-14(2)20(9-10-24-3)18-7-6-15(11-17(13)18)19(23)21-8-4-5-16(21)12-22/h6-7,11,16,22H,4-5,8-10,12H2,1-3H3/t16-/m1/s1. The number of nitrogens with zero attached hydrogens (tertiary/aromatic N) is 2. The number of amides is 1. The zero-order valence-electron chi connectivity index (χ0n) is 14.7.